The molecule has 0 saturated carbocycles. The number of nitrogens with one attached hydrogen (secondary N) is 2. The van der Waals surface area contributed by atoms with E-state index >= 15 is 0 Å². The summed E-state index contributed by atoms with van der Waals surface area (Å²) in [5.74, 6) is -1.22. The third kappa shape index (κ3) is 5.16. The van der Waals surface area contributed by atoms with Crippen LogP contribution in [0.5, 0.6) is 0 Å². The van der Waals surface area contributed by atoms with Gasteiger partial charge in [0.05, 0.1) is 6.04 Å². The maximum absolute atomic E-state index is 12.3. The van der Waals surface area contributed by atoms with Crippen LogP contribution in [0.4, 0.5) is 0 Å². The van der Waals surface area contributed by atoms with Crippen molar-refractivity contribution in [1.29, 1.82) is 0 Å². The van der Waals surface area contributed by atoms with Gasteiger partial charge in [-0.2, -0.15) is 0 Å². The lowest BCUT2D eigenvalue weighted by molar-refractivity contribution is -0.140. The van der Waals surface area contributed by atoms with Crippen LogP contribution in [-0.4, -0.2) is 40.3 Å². The van der Waals surface area contributed by atoms with Gasteiger partial charge in [-0.15, -0.1) is 0 Å². The van der Waals surface area contributed by atoms with E-state index in [4.69, 9.17) is 0 Å². The molecule has 0 aliphatic carbocycles. The van der Waals surface area contributed by atoms with Crippen LogP contribution >= 0.6 is 0 Å². The summed E-state index contributed by atoms with van der Waals surface area (Å²) < 4.78 is 0. The van der Waals surface area contributed by atoms with Crippen LogP contribution in [0.1, 0.15) is 43.5 Å². The first-order chi connectivity index (χ1) is 13.3. The van der Waals surface area contributed by atoms with E-state index in [0.29, 0.717) is 6.54 Å². The smallest absolute Gasteiger partial charge is 0.309 e. The molecule has 0 spiro atoms. The maximum Gasteiger partial charge on any atom is 0.309 e. The highest BCUT2D eigenvalue weighted by atomic mass is 16.2. The molecule has 1 aliphatic heterocycles. The topological polar surface area (TPSA) is 74.3 Å². The zero-order valence-electron chi connectivity index (χ0n) is 16.7. The second-order valence-electron chi connectivity index (χ2n) is 8.21. The van der Waals surface area contributed by atoms with Gasteiger partial charge in [0.2, 0.25) is 0 Å². The predicted octanol–water partition coefficient (Wildman–Crippen LogP) is 2.21. The molecule has 1 aromatic heterocycles. The fourth-order valence-electron chi connectivity index (χ4n) is 3.48. The Morgan fingerprint density at radius 1 is 1.11 bits per heavy atom. The Morgan fingerprint density at radius 2 is 1.86 bits per heavy atom. The summed E-state index contributed by atoms with van der Waals surface area (Å²) in [6.45, 7) is 7.59. The molecular weight excluding hydrogens is 352 g/mol. The van der Waals surface area contributed by atoms with Gasteiger partial charge in [0, 0.05) is 37.6 Å². The average Bonchev–Trinajstić information content (AvgIpc) is 2.67. The van der Waals surface area contributed by atoms with Crippen LogP contribution in [0.2, 0.25) is 0 Å². The summed E-state index contributed by atoms with van der Waals surface area (Å²) in [5, 5.41) is 5.50. The summed E-state index contributed by atoms with van der Waals surface area (Å²) in [4.78, 5) is 31.0. The number of hydrogen-bond acceptors (Lipinski definition) is 4. The van der Waals surface area contributed by atoms with Crippen LogP contribution in [0.25, 0.3) is 0 Å². The van der Waals surface area contributed by atoms with Gasteiger partial charge in [-0.05, 0) is 49.9 Å². The zero-order valence-corrected chi connectivity index (χ0v) is 16.7. The molecule has 0 bridgehead atoms. The number of hydrogen-bond donors (Lipinski definition) is 2. The number of aromatic nitrogens is 1. The molecule has 0 saturated heterocycles. The Morgan fingerprint density at radius 3 is 2.54 bits per heavy atom. The van der Waals surface area contributed by atoms with Gasteiger partial charge in [0.25, 0.3) is 0 Å². The monoisotopic (exact) mass is 380 g/mol. The van der Waals surface area contributed by atoms with Crippen molar-refractivity contribution in [2.24, 2.45) is 0 Å². The third-order valence-corrected chi connectivity index (χ3v) is 4.82. The number of benzene rings is 1. The number of pyridine rings is 1. The van der Waals surface area contributed by atoms with Gasteiger partial charge < -0.3 is 10.6 Å². The van der Waals surface area contributed by atoms with Gasteiger partial charge in [-0.3, -0.25) is 19.5 Å². The molecule has 0 fully saturated rings. The lowest BCUT2D eigenvalue weighted by Gasteiger charge is -2.36. The standard InChI is InChI=1S/C22H28N4O2/c1-22(2,3)25-21(28)20(27)24-14-19(17-9-6-11-23-13-17)26-12-10-16-7-4-5-8-18(16)15-26/h4-9,11,13,19H,10,12,14-15H2,1-3H3,(H,24,27)(H,25,28)/t19-/m0/s1. The van der Waals surface area contributed by atoms with Crippen LogP contribution < -0.4 is 10.6 Å². The first-order valence-corrected chi connectivity index (χ1v) is 9.64. The van der Waals surface area contributed by atoms with Crippen molar-refractivity contribution < 1.29 is 9.59 Å². The van der Waals surface area contributed by atoms with E-state index in [1.165, 1.54) is 11.1 Å². The molecule has 1 atom stereocenters. The van der Waals surface area contributed by atoms with E-state index in [2.05, 4.69) is 44.8 Å². The summed E-state index contributed by atoms with van der Waals surface area (Å²) in [6.07, 6.45) is 4.53. The minimum atomic E-state index is -0.610. The predicted molar refractivity (Wildman–Crippen MR) is 108 cm³/mol. The van der Waals surface area contributed by atoms with Crippen LogP contribution in [0.3, 0.4) is 0 Å². The minimum absolute atomic E-state index is 0.0477. The number of nitrogens with zero attached hydrogens (tertiary/aromatic N) is 2. The van der Waals surface area contributed by atoms with Crippen LogP contribution in [-0.2, 0) is 22.6 Å². The van der Waals surface area contributed by atoms with E-state index in [-0.39, 0.29) is 6.04 Å². The maximum atomic E-state index is 12.3. The first kappa shape index (κ1) is 20.0. The number of amides is 2. The molecule has 2 heterocycles. The summed E-state index contributed by atoms with van der Waals surface area (Å²) in [5.41, 5.74) is 3.25. The van der Waals surface area contributed by atoms with E-state index in [9.17, 15) is 9.59 Å². The van der Waals surface area contributed by atoms with Crippen LogP contribution in [0.15, 0.2) is 48.8 Å². The number of fused-ring (bicyclic) bond motifs is 1. The Kier molecular flexibility index (Phi) is 6.09. The number of carbonyl (C=O) groups is 2. The molecule has 28 heavy (non-hydrogen) atoms. The molecule has 2 N–H and O–H groups in total. The van der Waals surface area contributed by atoms with Crippen LogP contribution in [0, 0.1) is 0 Å². The molecule has 148 valence electrons. The van der Waals surface area contributed by atoms with Crippen molar-refractivity contribution in [3.63, 3.8) is 0 Å². The largest absolute Gasteiger partial charge is 0.346 e. The molecule has 2 amide bonds. The van der Waals surface area contributed by atoms with Gasteiger partial charge in [-0.1, -0.05) is 30.3 Å². The summed E-state index contributed by atoms with van der Waals surface area (Å²) in [7, 11) is 0. The highest BCUT2D eigenvalue weighted by molar-refractivity contribution is 6.35. The van der Waals surface area contributed by atoms with E-state index in [1.54, 1.807) is 6.20 Å². The van der Waals surface area contributed by atoms with Crippen molar-refractivity contribution in [3.05, 3.63) is 65.5 Å². The van der Waals surface area contributed by atoms with Gasteiger partial charge in [-0.25, -0.2) is 0 Å². The fourth-order valence-corrected chi connectivity index (χ4v) is 3.48. The first-order valence-electron chi connectivity index (χ1n) is 9.64. The quantitative estimate of drug-likeness (QED) is 0.798. The van der Waals surface area contributed by atoms with Crippen molar-refractivity contribution in [3.8, 4) is 0 Å². The number of rotatable bonds is 4. The molecule has 6 heteroatoms. The van der Waals surface area contributed by atoms with Crippen molar-refractivity contribution in [2.45, 2.75) is 45.3 Å². The molecular formula is C22H28N4O2. The second kappa shape index (κ2) is 8.52. The Labute approximate surface area is 166 Å². The summed E-state index contributed by atoms with van der Waals surface area (Å²) in [6, 6.07) is 12.3. The van der Waals surface area contributed by atoms with Gasteiger partial charge >= 0.3 is 11.8 Å². The van der Waals surface area contributed by atoms with Crippen molar-refractivity contribution in [1.82, 2.24) is 20.5 Å². The molecule has 1 aromatic carbocycles. The minimum Gasteiger partial charge on any atom is -0.346 e. The van der Waals surface area contributed by atoms with Gasteiger partial charge in [0.15, 0.2) is 0 Å². The van der Waals surface area contributed by atoms with E-state index < -0.39 is 17.4 Å². The molecule has 3 rings (SSSR count). The lowest BCUT2D eigenvalue weighted by atomic mass is 9.97. The molecule has 0 radical (unpaired) electrons. The fraction of sp³-hybridized carbons (Fsp3) is 0.409. The normalized spacial score (nSPS) is 15.4. The number of carbonyl (C=O) groups excluding carboxylic acids is 2. The van der Waals surface area contributed by atoms with Crippen molar-refractivity contribution in [2.75, 3.05) is 13.1 Å². The summed E-state index contributed by atoms with van der Waals surface area (Å²) >= 11 is 0. The SMILES string of the molecule is CC(C)(C)NC(=O)C(=O)NC[C@@H](c1cccnc1)N1CCc2ccccc2C1. The van der Waals surface area contributed by atoms with Crippen molar-refractivity contribution >= 4 is 11.8 Å². The van der Waals surface area contributed by atoms with Gasteiger partial charge in [0.1, 0.15) is 0 Å². The average molecular weight is 380 g/mol. The molecule has 6 nitrogen and oxygen atoms in total. The highest BCUT2D eigenvalue weighted by Gasteiger charge is 2.27. The molecule has 2 aromatic rings. The zero-order chi connectivity index (χ0) is 20.1. The second-order valence-corrected chi connectivity index (χ2v) is 8.21. The Hall–Kier alpha value is -2.73. The molecule has 1 aliphatic rings. The Bertz CT molecular complexity index is 830. The highest BCUT2D eigenvalue weighted by Crippen LogP contribution is 2.27. The Balaban J connectivity index is 1.72. The molecule has 0 unspecified atom stereocenters. The van der Waals surface area contributed by atoms with E-state index in [0.717, 1.165) is 25.1 Å². The third-order valence-electron chi connectivity index (χ3n) is 4.82. The van der Waals surface area contributed by atoms with E-state index in [1.807, 2.05) is 39.1 Å². The lowest BCUT2D eigenvalue weighted by Crippen LogP contribution is -2.49.